The normalized spacial score (nSPS) is 27.7. The third-order valence-corrected chi connectivity index (χ3v) is 6.92. The maximum absolute atomic E-state index is 13.1. The zero-order chi connectivity index (χ0) is 21.3. The molecule has 3 aliphatic rings. The largest absolute Gasteiger partial charge is 0.346 e. The van der Waals surface area contributed by atoms with Crippen LogP contribution in [-0.2, 0) is 4.79 Å². The number of rotatable bonds is 7. The Morgan fingerprint density at radius 2 is 2.17 bits per heavy atom. The van der Waals surface area contributed by atoms with E-state index in [9.17, 15) is 4.79 Å². The van der Waals surface area contributed by atoms with Gasteiger partial charge in [-0.3, -0.25) is 14.7 Å². The molecule has 3 aliphatic heterocycles. The number of hydrogen-bond donors (Lipinski definition) is 2. The highest BCUT2D eigenvalue weighted by atomic mass is 16.2. The van der Waals surface area contributed by atoms with Crippen molar-refractivity contribution in [3.05, 3.63) is 54.7 Å². The number of carbonyl (C=O) groups excluding carboxylic acids is 1. The molecule has 6 atom stereocenters. The average Bonchev–Trinajstić information content (AvgIpc) is 2.76. The van der Waals surface area contributed by atoms with E-state index in [1.165, 1.54) is 6.42 Å². The Balaban J connectivity index is 1.69. The summed E-state index contributed by atoms with van der Waals surface area (Å²) in [6, 6.07) is 9.92. The molecule has 5 rings (SSSR count). The van der Waals surface area contributed by atoms with E-state index in [4.69, 9.17) is 5.73 Å². The van der Waals surface area contributed by atoms with Crippen molar-refractivity contribution in [3.63, 3.8) is 0 Å². The van der Waals surface area contributed by atoms with Gasteiger partial charge in [-0.05, 0) is 61.3 Å². The Labute approximate surface area is 179 Å². The van der Waals surface area contributed by atoms with Gasteiger partial charge in [0.15, 0.2) is 0 Å². The molecule has 5 nitrogen and oxygen atoms in total. The summed E-state index contributed by atoms with van der Waals surface area (Å²) in [4.78, 5) is 20.2. The van der Waals surface area contributed by atoms with Crippen LogP contribution in [0.15, 0.2) is 49.2 Å². The fourth-order valence-corrected chi connectivity index (χ4v) is 5.37. The lowest BCUT2D eigenvalue weighted by molar-refractivity contribution is -0.124. The summed E-state index contributed by atoms with van der Waals surface area (Å²) in [7, 11) is 0. The van der Waals surface area contributed by atoms with Crippen LogP contribution in [0.5, 0.6) is 0 Å². The van der Waals surface area contributed by atoms with Gasteiger partial charge >= 0.3 is 0 Å². The number of nitrogens with one attached hydrogen (secondary N) is 1. The molecular formula is C25H34N4O. The van der Waals surface area contributed by atoms with Crippen LogP contribution >= 0.6 is 0 Å². The van der Waals surface area contributed by atoms with Crippen LogP contribution in [0.4, 0.5) is 0 Å². The SMILES string of the molecule is C=C[C@H]1CN2CC[C@H]1C[C@H]2[C@@H](NC(=O)[C@@H](N)CC(C)C)c1ccnc2ccccc12. The lowest BCUT2D eigenvalue weighted by Crippen LogP contribution is -2.58. The Kier molecular flexibility index (Phi) is 6.21. The van der Waals surface area contributed by atoms with Crippen molar-refractivity contribution >= 4 is 16.8 Å². The Morgan fingerprint density at radius 1 is 1.37 bits per heavy atom. The molecule has 0 aliphatic carbocycles. The zero-order valence-corrected chi connectivity index (χ0v) is 18.1. The molecule has 1 amide bonds. The van der Waals surface area contributed by atoms with Crippen LogP contribution in [0.1, 0.15) is 44.7 Å². The van der Waals surface area contributed by atoms with Crippen LogP contribution in [0.25, 0.3) is 10.9 Å². The number of nitrogens with zero attached hydrogens (tertiary/aromatic N) is 2. The Bertz CT molecular complexity index is 906. The Morgan fingerprint density at radius 3 is 2.87 bits per heavy atom. The number of amides is 1. The number of piperidine rings is 3. The summed E-state index contributed by atoms with van der Waals surface area (Å²) in [5.41, 5.74) is 8.35. The summed E-state index contributed by atoms with van der Waals surface area (Å²) < 4.78 is 0. The molecule has 1 aromatic heterocycles. The first-order valence-electron chi connectivity index (χ1n) is 11.2. The summed E-state index contributed by atoms with van der Waals surface area (Å²) in [5.74, 6) is 1.50. The number of benzene rings is 1. The molecule has 4 heterocycles. The molecular weight excluding hydrogens is 372 g/mol. The monoisotopic (exact) mass is 406 g/mol. The van der Waals surface area contributed by atoms with Gasteiger partial charge in [-0.25, -0.2) is 0 Å². The smallest absolute Gasteiger partial charge is 0.237 e. The maximum atomic E-state index is 13.1. The van der Waals surface area contributed by atoms with E-state index >= 15 is 0 Å². The van der Waals surface area contributed by atoms with E-state index in [1.54, 1.807) is 0 Å². The predicted octanol–water partition coefficient (Wildman–Crippen LogP) is 3.66. The highest BCUT2D eigenvalue weighted by molar-refractivity contribution is 5.85. The van der Waals surface area contributed by atoms with Gasteiger partial charge in [-0.2, -0.15) is 0 Å². The minimum absolute atomic E-state index is 0.0579. The summed E-state index contributed by atoms with van der Waals surface area (Å²) in [6.07, 6.45) is 6.93. The van der Waals surface area contributed by atoms with Crippen LogP contribution in [0.3, 0.4) is 0 Å². The maximum Gasteiger partial charge on any atom is 0.237 e. The quantitative estimate of drug-likeness (QED) is 0.689. The highest BCUT2D eigenvalue weighted by Crippen LogP contribution is 2.42. The number of carbonyl (C=O) groups is 1. The van der Waals surface area contributed by atoms with Crippen LogP contribution < -0.4 is 11.1 Å². The number of fused-ring (bicyclic) bond motifs is 4. The zero-order valence-electron chi connectivity index (χ0n) is 18.1. The van der Waals surface area contributed by atoms with Crippen molar-refractivity contribution in [1.82, 2.24) is 15.2 Å². The number of aromatic nitrogens is 1. The van der Waals surface area contributed by atoms with Gasteiger partial charge in [0.25, 0.3) is 0 Å². The van der Waals surface area contributed by atoms with Gasteiger partial charge in [-0.1, -0.05) is 38.1 Å². The number of hydrogen-bond acceptors (Lipinski definition) is 4. The number of nitrogens with two attached hydrogens (primary N) is 1. The van der Waals surface area contributed by atoms with Gasteiger partial charge in [0, 0.05) is 24.2 Å². The van der Waals surface area contributed by atoms with Gasteiger partial charge in [-0.15, -0.1) is 6.58 Å². The molecule has 5 heteroatoms. The fourth-order valence-electron chi connectivity index (χ4n) is 5.37. The molecule has 160 valence electrons. The van der Waals surface area contributed by atoms with E-state index in [2.05, 4.69) is 53.8 Å². The van der Waals surface area contributed by atoms with E-state index in [0.717, 1.165) is 36.0 Å². The third-order valence-electron chi connectivity index (χ3n) is 6.92. The second-order valence-electron chi connectivity index (χ2n) is 9.39. The molecule has 3 fully saturated rings. The first kappa shape index (κ1) is 21.0. The molecule has 30 heavy (non-hydrogen) atoms. The predicted molar refractivity (Wildman–Crippen MR) is 122 cm³/mol. The van der Waals surface area contributed by atoms with Gasteiger partial charge < -0.3 is 11.1 Å². The van der Waals surface area contributed by atoms with Crippen LogP contribution in [-0.4, -0.2) is 41.0 Å². The topological polar surface area (TPSA) is 71.2 Å². The van der Waals surface area contributed by atoms with Gasteiger partial charge in [0.05, 0.1) is 17.6 Å². The minimum atomic E-state index is -0.489. The third kappa shape index (κ3) is 4.14. The van der Waals surface area contributed by atoms with Crippen LogP contribution in [0.2, 0.25) is 0 Å². The highest BCUT2D eigenvalue weighted by Gasteiger charge is 2.43. The van der Waals surface area contributed by atoms with Crippen molar-refractivity contribution < 1.29 is 4.79 Å². The number of para-hydroxylation sites is 1. The standard InChI is InChI=1S/C25H34N4O/c1-4-17-15-29-12-10-18(17)14-23(29)24(28-25(30)21(26)13-16(2)3)20-9-11-27-22-8-6-5-7-19(20)22/h4-9,11,16-18,21,23-24H,1,10,12-15,26H2,2-3H3,(H,28,30)/t17-,18-,21-,23-,24-/m0/s1. The average molecular weight is 407 g/mol. The summed E-state index contributed by atoms with van der Waals surface area (Å²) >= 11 is 0. The molecule has 2 bridgehead atoms. The first-order valence-corrected chi connectivity index (χ1v) is 11.2. The van der Waals surface area contributed by atoms with E-state index < -0.39 is 6.04 Å². The van der Waals surface area contributed by atoms with Crippen molar-refractivity contribution in [3.8, 4) is 0 Å². The second-order valence-corrected chi connectivity index (χ2v) is 9.39. The minimum Gasteiger partial charge on any atom is -0.346 e. The van der Waals surface area contributed by atoms with Crippen molar-refractivity contribution in [2.75, 3.05) is 13.1 Å². The summed E-state index contributed by atoms with van der Waals surface area (Å²) in [5, 5.41) is 4.46. The van der Waals surface area contributed by atoms with E-state index in [-0.39, 0.29) is 18.0 Å². The molecule has 3 saturated heterocycles. The molecule has 1 aromatic carbocycles. The van der Waals surface area contributed by atoms with Gasteiger partial charge in [0.1, 0.15) is 0 Å². The summed E-state index contributed by atoms with van der Waals surface area (Å²) in [6.45, 7) is 10.3. The molecule has 0 spiro atoms. The second kappa shape index (κ2) is 8.86. The number of pyridine rings is 1. The lowest BCUT2D eigenvalue weighted by atomic mass is 9.73. The van der Waals surface area contributed by atoms with Crippen molar-refractivity contribution in [2.45, 2.75) is 51.2 Å². The van der Waals surface area contributed by atoms with Gasteiger partial charge in [0.2, 0.25) is 5.91 Å². The molecule has 1 unspecified atom stereocenters. The molecule has 0 radical (unpaired) electrons. The molecule has 3 N–H and O–H groups in total. The molecule has 2 aromatic rings. The fraction of sp³-hybridized carbons (Fsp3) is 0.520. The van der Waals surface area contributed by atoms with E-state index in [0.29, 0.717) is 24.2 Å². The van der Waals surface area contributed by atoms with Crippen molar-refractivity contribution in [2.24, 2.45) is 23.5 Å². The van der Waals surface area contributed by atoms with Crippen molar-refractivity contribution in [1.29, 1.82) is 0 Å². The van der Waals surface area contributed by atoms with Crippen LogP contribution in [0, 0.1) is 17.8 Å². The molecule has 0 saturated carbocycles. The first-order chi connectivity index (χ1) is 14.5. The lowest BCUT2D eigenvalue weighted by Gasteiger charge is -2.51. The Hall–Kier alpha value is -2.24. The van der Waals surface area contributed by atoms with E-state index in [1.807, 2.05) is 24.4 Å².